The van der Waals surface area contributed by atoms with Crippen LogP contribution in [0.25, 0.3) is 0 Å². The number of benzene rings is 1. The van der Waals surface area contributed by atoms with Gasteiger partial charge in [-0.15, -0.1) is 0 Å². The molecule has 1 unspecified atom stereocenters. The number of nitrogens with zero attached hydrogens (tertiary/aromatic N) is 1. The SMILES string of the molecule is Cc1cc(C(=O)NCC(C)CO)cc(C)c1OCc1cccnc1. The summed E-state index contributed by atoms with van der Waals surface area (Å²) in [4.78, 5) is 16.3. The van der Waals surface area contributed by atoms with Crippen molar-refractivity contribution < 1.29 is 14.6 Å². The van der Waals surface area contributed by atoms with Gasteiger partial charge in [-0.05, 0) is 49.1 Å². The Hall–Kier alpha value is -2.40. The molecule has 128 valence electrons. The van der Waals surface area contributed by atoms with Crippen molar-refractivity contribution in [1.29, 1.82) is 0 Å². The molecule has 1 amide bonds. The van der Waals surface area contributed by atoms with Gasteiger partial charge in [0.2, 0.25) is 0 Å². The van der Waals surface area contributed by atoms with E-state index < -0.39 is 0 Å². The second kappa shape index (κ2) is 8.45. The number of aliphatic hydroxyl groups is 1. The summed E-state index contributed by atoms with van der Waals surface area (Å²) in [5.74, 6) is 0.692. The Morgan fingerprint density at radius 2 is 2.04 bits per heavy atom. The lowest BCUT2D eigenvalue weighted by Gasteiger charge is -2.15. The molecular formula is C19H24N2O3. The van der Waals surface area contributed by atoms with Gasteiger partial charge in [0.05, 0.1) is 0 Å². The van der Waals surface area contributed by atoms with Crippen LogP contribution in [0.4, 0.5) is 0 Å². The molecule has 24 heavy (non-hydrogen) atoms. The van der Waals surface area contributed by atoms with Gasteiger partial charge in [0.1, 0.15) is 12.4 Å². The summed E-state index contributed by atoms with van der Waals surface area (Å²) in [6.45, 7) is 6.69. The highest BCUT2D eigenvalue weighted by Crippen LogP contribution is 2.25. The Labute approximate surface area is 142 Å². The molecule has 2 aromatic rings. The number of rotatable bonds is 7. The van der Waals surface area contributed by atoms with Crippen LogP contribution >= 0.6 is 0 Å². The third-order valence-corrected chi connectivity index (χ3v) is 3.75. The third-order valence-electron chi connectivity index (χ3n) is 3.75. The standard InChI is InChI=1S/C19H24N2O3/c1-13(11-22)9-21-19(23)17-7-14(2)18(15(3)8-17)24-12-16-5-4-6-20-10-16/h4-8,10,13,22H,9,11-12H2,1-3H3,(H,21,23). The van der Waals surface area contributed by atoms with Crippen LogP contribution in [-0.2, 0) is 6.61 Å². The number of aliphatic hydroxyl groups excluding tert-OH is 1. The van der Waals surface area contributed by atoms with Gasteiger partial charge in [0, 0.05) is 36.7 Å². The van der Waals surface area contributed by atoms with Crippen LogP contribution in [0, 0.1) is 19.8 Å². The molecule has 2 N–H and O–H groups in total. The van der Waals surface area contributed by atoms with E-state index in [4.69, 9.17) is 9.84 Å². The first-order valence-electron chi connectivity index (χ1n) is 8.03. The van der Waals surface area contributed by atoms with Crippen molar-refractivity contribution in [2.45, 2.75) is 27.4 Å². The van der Waals surface area contributed by atoms with Crippen LogP contribution in [0.3, 0.4) is 0 Å². The first kappa shape index (κ1) is 17.9. The summed E-state index contributed by atoms with van der Waals surface area (Å²) in [7, 11) is 0. The number of amides is 1. The lowest BCUT2D eigenvalue weighted by Crippen LogP contribution is -2.29. The molecule has 1 aromatic heterocycles. The molecule has 0 bridgehead atoms. The van der Waals surface area contributed by atoms with Gasteiger partial charge in [-0.3, -0.25) is 9.78 Å². The topological polar surface area (TPSA) is 71.5 Å². The maximum atomic E-state index is 12.2. The van der Waals surface area contributed by atoms with Crippen molar-refractivity contribution >= 4 is 5.91 Å². The monoisotopic (exact) mass is 328 g/mol. The molecule has 0 aliphatic carbocycles. The zero-order valence-corrected chi connectivity index (χ0v) is 14.4. The summed E-state index contributed by atoms with van der Waals surface area (Å²) in [6.07, 6.45) is 3.50. The first-order valence-corrected chi connectivity index (χ1v) is 8.03. The van der Waals surface area contributed by atoms with Crippen molar-refractivity contribution in [3.05, 3.63) is 58.9 Å². The van der Waals surface area contributed by atoms with Gasteiger partial charge < -0.3 is 15.2 Å². The summed E-state index contributed by atoms with van der Waals surface area (Å²) < 4.78 is 5.90. The second-order valence-electron chi connectivity index (χ2n) is 6.09. The summed E-state index contributed by atoms with van der Waals surface area (Å²) in [6, 6.07) is 7.48. The zero-order valence-electron chi connectivity index (χ0n) is 14.4. The maximum absolute atomic E-state index is 12.2. The van der Waals surface area contributed by atoms with Crippen LogP contribution < -0.4 is 10.1 Å². The Bertz CT molecular complexity index is 663. The van der Waals surface area contributed by atoms with Gasteiger partial charge in [-0.1, -0.05) is 13.0 Å². The third kappa shape index (κ3) is 4.80. The van der Waals surface area contributed by atoms with Crippen molar-refractivity contribution in [2.75, 3.05) is 13.2 Å². The minimum absolute atomic E-state index is 0.0400. The summed E-state index contributed by atoms with van der Waals surface area (Å²) >= 11 is 0. The molecular weight excluding hydrogens is 304 g/mol. The largest absolute Gasteiger partial charge is 0.488 e. The average molecular weight is 328 g/mol. The van der Waals surface area contributed by atoms with Crippen LogP contribution in [0.2, 0.25) is 0 Å². The number of carbonyl (C=O) groups is 1. The highest BCUT2D eigenvalue weighted by atomic mass is 16.5. The van der Waals surface area contributed by atoms with E-state index in [1.807, 2.05) is 45.0 Å². The Balaban J connectivity index is 2.06. The molecule has 2 rings (SSSR count). The van der Waals surface area contributed by atoms with Crippen LogP contribution in [0.5, 0.6) is 5.75 Å². The molecule has 1 aromatic carbocycles. The zero-order chi connectivity index (χ0) is 17.5. The highest BCUT2D eigenvalue weighted by molar-refractivity contribution is 5.94. The second-order valence-corrected chi connectivity index (χ2v) is 6.09. The Morgan fingerprint density at radius 1 is 1.33 bits per heavy atom. The van der Waals surface area contributed by atoms with E-state index in [0.29, 0.717) is 18.7 Å². The van der Waals surface area contributed by atoms with E-state index in [1.54, 1.807) is 12.4 Å². The molecule has 0 spiro atoms. The quantitative estimate of drug-likeness (QED) is 0.819. The molecule has 1 atom stereocenters. The van der Waals surface area contributed by atoms with Crippen molar-refractivity contribution in [3.63, 3.8) is 0 Å². The fourth-order valence-corrected chi connectivity index (χ4v) is 2.38. The average Bonchev–Trinajstić information content (AvgIpc) is 2.59. The van der Waals surface area contributed by atoms with Crippen LogP contribution in [-0.4, -0.2) is 29.1 Å². The van der Waals surface area contributed by atoms with E-state index in [9.17, 15) is 4.79 Å². The van der Waals surface area contributed by atoms with Gasteiger partial charge in [-0.25, -0.2) is 0 Å². The van der Waals surface area contributed by atoms with Crippen molar-refractivity contribution in [2.24, 2.45) is 5.92 Å². The molecule has 0 saturated carbocycles. The van der Waals surface area contributed by atoms with Gasteiger partial charge in [0.15, 0.2) is 0 Å². The number of nitrogens with one attached hydrogen (secondary N) is 1. The van der Waals surface area contributed by atoms with E-state index >= 15 is 0 Å². The molecule has 0 fully saturated rings. The normalized spacial score (nSPS) is 11.8. The van der Waals surface area contributed by atoms with Crippen LogP contribution in [0.1, 0.15) is 34.0 Å². The fourth-order valence-electron chi connectivity index (χ4n) is 2.38. The lowest BCUT2D eigenvalue weighted by atomic mass is 10.0. The van der Waals surface area contributed by atoms with Gasteiger partial charge in [0.25, 0.3) is 5.91 Å². The lowest BCUT2D eigenvalue weighted by molar-refractivity contribution is 0.0942. The van der Waals surface area contributed by atoms with Crippen molar-refractivity contribution in [1.82, 2.24) is 10.3 Å². The van der Waals surface area contributed by atoms with Gasteiger partial charge in [-0.2, -0.15) is 0 Å². The molecule has 1 heterocycles. The van der Waals surface area contributed by atoms with E-state index in [1.165, 1.54) is 0 Å². The predicted molar refractivity (Wildman–Crippen MR) is 93.1 cm³/mol. The minimum Gasteiger partial charge on any atom is -0.488 e. The molecule has 5 nitrogen and oxygen atoms in total. The Kier molecular flexibility index (Phi) is 6.32. The minimum atomic E-state index is -0.139. The number of pyridine rings is 1. The molecule has 5 heteroatoms. The van der Waals surface area contributed by atoms with Gasteiger partial charge >= 0.3 is 0 Å². The van der Waals surface area contributed by atoms with Crippen LogP contribution in [0.15, 0.2) is 36.7 Å². The number of ether oxygens (including phenoxy) is 1. The van der Waals surface area contributed by atoms with E-state index in [2.05, 4.69) is 10.3 Å². The number of hydrogen-bond donors (Lipinski definition) is 2. The number of hydrogen-bond acceptors (Lipinski definition) is 4. The summed E-state index contributed by atoms with van der Waals surface area (Å²) in [5.41, 5.74) is 3.43. The predicted octanol–water partition coefficient (Wildman–Crippen LogP) is 2.64. The fraction of sp³-hybridized carbons (Fsp3) is 0.368. The number of carbonyl (C=O) groups excluding carboxylic acids is 1. The van der Waals surface area contributed by atoms with E-state index in [-0.39, 0.29) is 18.4 Å². The number of aryl methyl sites for hydroxylation is 2. The highest BCUT2D eigenvalue weighted by Gasteiger charge is 2.12. The maximum Gasteiger partial charge on any atom is 0.251 e. The number of aromatic nitrogens is 1. The molecule has 0 radical (unpaired) electrons. The first-order chi connectivity index (χ1) is 11.5. The van der Waals surface area contributed by atoms with Crippen molar-refractivity contribution in [3.8, 4) is 5.75 Å². The smallest absolute Gasteiger partial charge is 0.251 e. The molecule has 0 saturated heterocycles. The Morgan fingerprint density at radius 3 is 2.62 bits per heavy atom. The summed E-state index contributed by atoms with van der Waals surface area (Å²) in [5, 5.41) is 11.9. The molecule has 0 aliphatic rings. The van der Waals surface area contributed by atoms with E-state index in [0.717, 1.165) is 22.4 Å². The molecule has 0 aliphatic heterocycles.